The molecule has 0 saturated heterocycles. The normalized spacial score (nSPS) is 27.9. The van der Waals surface area contributed by atoms with Crippen molar-refractivity contribution in [1.82, 2.24) is 0 Å². The Bertz CT molecular complexity index is 241. The summed E-state index contributed by atoms with van der Waals surface area (Å²) in [5.74, 6) is 0.706. The Kier molecular flexibility index (Phi) is 2.20. The lowest BCUT2D eigenvalue weighted by Crippen LogP contribution is -2.08. The Labute approximate surface area is 76.4 Å². The van der Waals surface area contributed by atoms with Crippen LogP contribution < -0.4 is 0 Å². The molecule has 0 fully saturated rings. The third-order valence-electron chi connectivity index (χ3n) is 3.19. The van der Waals surface area contributed by atoms with Crippen molar-refractivity contribution in [3.8, 4) is 0 Å². The molecule has 1 unspecified atom stereocenters. The first-order valence-corrected chi connectivity index (χ1v) is 4.73. The molecule has 0 nitrogen and oxygen atoms in total. The molecule has 0 heterocycles. The highest BCUT2D eigenvalue weighted by Crippen LogP contribution is 2.47. The molecule has 0 aliphatic heterocycles. The fourth-order valence-corrected chi connectivity index (χ4v) is 2.50. The average Bonchev–Trinajstić information content (AvgIpc) is 2.02. The van der Waals surface area contributed by atoms with Crippen LogP contribution >= 0.6 is 0 Å². The van der Waals surface area contributed by atoms with Gasteiger partial charge < -0.3 is 0 Å². The average molecular weight is 164 g/mol. The molecular formula is C12H20. The molecule has 68 valence electrons. The molecule has 12 heavy (non-hydrogen) atoms. The van der Waals surface area contributed by atoms with Gasteiger partial charge >= 0.3 is 0 Å². The zero-order chi connectivity index (χ0) is 9.52. The summed E-state index contributed by atoms with van der Waals surface area (Å²) in [4.78, 5) is 0. The van der Waals surface area contributed by atoms with Crippen molar-refractivity contribution in [3.05, 3.63) is 23.3 Å². The molecule has 0 saturated carbocycles. The molecule has 0 heteroatoms. The molecule has 0 radical (unpaired) electrons. The summed E-state index contributed by atoms with van der Waals surface area (Å²) in [6.07, 6.45) is 1.28. The van der Waals surface area contributed by atoms with Gasteiger partial charge in [-0.2, -0.15) is 0 Å². The van der Waals surface area contributed by atoms with Crippen molar-refractivity contribution in [1.29, 1.82) is 0 Å². The van der Waals surface area contributed by atoms with E-state index in [0.717, 1.165) is 0 Å². The molecule has 0 spiro atoms. The third kappa shape index (κ3) is 1.35. The molecule has 0 aromatic rings. The summed E-state index contributed by atoms with van der Waals surface area (Å²) in [5, 5.41) is 0. The lowest BCUT2D eigenvalue weighted by atomic mass is 9.85. The minimum Gasteiger partial charge on any atom is -0.0958 e. The summed E-state index contributed by atoms with van der Waals surface area (Å²) in [6.45, 7) is 15.4. The molecule has 0 aromatic carbocycles. The zero-order valence-corrected chi connectivity index (χ0v) is 8.99. The first kappa shape index (κ1) is 9.57. The maximum atomic E-state index is 4.05. The van der Waals surface area contributed by atoms with Gasteiger partial charge in [-0.3, -0.25) is 0 Å². The van der Waals surface area contributed by atoms with Crippen molar-refractivity contribution in [2.45, 2.75) is 41.0 Å². The monoisotopic (exact) mass is 164 g/mol. The van der Waals surface area contributed by atoms with Crippen LogP contribution in [-0.4, -0.2) is 0 Å². The van der Waals surface area contributed by atoms with Gasteiger partial charge in [-0.05, 0) is 37.2 Å². The fraction of sp³-hybridized carbons (Fsp3) is 0.667. The van der Waals surface area contributed by atoms with Gasteiger partial charge in [-0.15, -0.1) is 0 Å². The highest BCUT2D eigenvalue weighted by atomic mass is 14.4. The molecule has 0 aromatic heterocycles. The van der Waals surface area contributed by atoms with E-state index >= 15 is 0 Å². The van der Waals surface area contributed by atoms with Crippen LogP contribution in [0.5, 0.6) is 0 Å². The number of rotatable bonds is 1. The van der Waals surface area contributed by atoms with Gasteiger partial charge in [0.25, 0.3) is 0 Å². The van der Waals surface area contributed by atoms with E-state index in [2.05, 4.69) is 41.2 Å². The van der Waals surface area contributed by atoms with Gasteiger partial charge in [0.05, 0.1) is 0 Å². The fourth-order valence-electron chi connectivity index (χ4n) is 2.50. The summed E-state index contributed by atoms with van der Waals surface area (Å²) in [5.41, 5.74) is 4.71. The van der Waals surface area contributed by atoms with Crippen molar-refractivity contribution in [2.75, 3.05) is 0 Å². The smallest absolute Gasteiger partial charge is 0.0136 e. The third-order valence-corrected chi connectivity index (χ3v) is 3.19. The van der Waals surface area contributed by atoms with Crippen LogP contribution in [0.15, 0.2) is 23.3 Å². The van der Waals surface area contributed by atoms with Crippen LogP contribution in [0.2, 0.25) is 0 Å². The predicted octanol–water partition coefficient (Wildman–Crippen LogP) is 3.95. The van der Waals surface area contributed by atoms with Crippen molar-refractivity contribution >= 4 is 0 Å². The first-order chi connectivity index (χ1) is 5.36. The van der Waals surface area contributed by atoms with Gasteiger partial charge in [0.1, 0.15) is 0 Å². The van der Waals surface area contributed by atoms with Gasteiger partial charge in [-0.25, -0.2) is 0 Å². The van der Waals surface area contributed by atoms with Gasteiger partial charge in [0.15, 0.2) is 0 Å². The van der Waals surface area contributed by atoms with E-state index in [-0.39, 0.29) is 0 Å². The van der Waals surface area contributed by atoms with E-state index in [1.807, 2.05) is 0 Å². The van der Waals surface area contributed by atoms with Crippen LogP contribution in [0.4, 0.5) is 0 Å². The summed E-state index contributed by atoms with van der Waals surface area (Å²) < 4.78 is 0. The van der Waals surface area contributed by atoms with E-state index in [4.69, 9.17) is 0 Å². The molecular weight excluding hydrogens is 144 g/mol. The topological polar surface area (TPSA) is 0 Å². The van der Waals surface area contributed by atoms with E-state index in [9.17, 15) is 0 Å². The molecule has 1 atom stereocenters. The lowest BCUT2D eigenvalue weighted by molar-refractivity contribution is 0.401. The second kappa shape index (κ2) is 2.76. The van der Waals surface area contributed by atoms with E-state index < -0.39 is 0 Å². The lowest BCUT2D eigenvalue weighted by Gasteiger charge is -2.19. The van der Waals surface area contributed by atoms with Crippen molar-refractivity contribution < 1.29 is 0 Å². The van der Waals surface area contributed by atoms with Crippen LogP contribution in [-0.2, 0) is 0 Å². The molecule has 1 aliphatic rings. The number of hydrogen-bond acceptors (Lipinski definition) is 0. The Hall–Kier alpha value is -0.520. The predicted molar refractivity (Wildman–Crippen MR) is 55.1 cm³/mol. The van der Waals surface area contributed by atoms with Crippen LogP contribution in [0.3, 0.4) is 0 Å². The Morgan fingerprint density at radius 2 is 2.00 bits per heavy atom. The largest absolute Gasteiger partial charge is 0.0958 e. The van der Waals surface area contributed by atoms with E-state index in [0.29, 0.717) is 11.3 Å². The first-order valence-electron chi connectivity index (χ1n) is 4.73. The Balaban J connectivity index is 3.10. The minimum atomic E-state index is 0.397. The molecule has 0 N–H and O–H groups in total. The highest BCUT2D eigenvalue weighted by molar-refractivity contribution is 5.39. The van der Waals surface area contributed by atoms with Crippen LogP contribution in [0.25, 0.3) is 0 Å². The second-order valence-corrected chi connectivity index (χ2v) is 4.81. The molecule has 1 aliphatic carbocycles. The zero-order valence-electron chi connectivity index (χ0n) is 8.99. The van der Waals surface area contributed by atoms with Gasteiger partial charge in [0.2, 0.25) is 0 Å². The standard InChI is InChI=1S/C12H20/c1-8(2)11-9(3)7-12(5,6)10(11)4/h9H,1,7H2,2-6H3. The Morgan fingerprint density at radius 1 is 1.50 bits per heavy atom. The van der Waals surface area contributed by atoms with Crippen LogP contribution in [0.1, 0.15) is 41.0 Å². The summed E-state index contributed by atoms with van der Waals surface area (Å²) in [6, 6.07) is 0. The SMILES string of the molecule is C=C(C)C1=C(C)C(C)(C)CC1C. The van der Waals surface area contributed by atoms with Crippen LogP contribution in [0, 0.1) is 11.3 Å². The maximum absolute atomic E-state index is 4.05. The van der Waals surface area contributed by atoms with Gasteiger partial charge in [-0.1, -0.05) is 38.5 Å². The van der Waals surface area contributed by atoms with E-state index in [1.54, 1.807) is 5.57 Å². The second-order valence-electron chi connectivity index (χ2n) is 4.81. The summed E-state index contributed by atoms with van der Waals surface area (Å²) >= 11 is 0. The van der Waals surface area contributed by atoms with Crippen molar-refractivity contribution in [3.63, 3.8) is 0 Å². The highest BCUT2D eigenvalue weighted by Gasteiger charge is 2.34. The molecule has 0 amide bonds. The number of hydrogen-bond donors (Lipinski definition) is 0. The van der Waals surface area contributed by atoms with Gasteiger partial charge in [0, 0.05) is 0 Å². The maximum Gasteiger partial charge on any atom is -0.0136 e. The number of allylic oxidation sites excluding steroid dienone is 3. The Morgan fingerprint density at radius 3 is 2.17 bits per heavy atom. The van der Waals surface area contributed by atoms with E-state index in [1.165, 1.54) is 17.6 Å². The minimum absolute atomic E-state index is 0.397. The molecule has 1 rings (SSSR count). The quantitative estimate of drug-likeness (QED) is 0.550. The summed E-state index contributed by atoms with van der Waals surface area (Å²) in [7, 11) is 0. The van der Waals surface area contributed by atoms with Crippen molar-refractivity contribution in [2.24, 2.45) is 11.3 Å². The molecule has 0 bridgehead atoms.